The van der Waals surface area contributed by atoms with E-state index in [9.17, 15) is 0 Å². The lowest BCUT2D eigenvalue weighted by molar-refractivity contribution is -0.0439. The predicted molar refractivity (Wildman–Crippen MR) is 61.2 cm³/mol. The number of benzene rings is 1. The molecular formula is C12H17NO3. The summed E-state index contributed by atoms with van der Waals surface area (Å²) in [5, 5.41) is 12.2. The maximum Gasteiger partial charge on any atom is 0.159 e. The van der Waals surface area contributed by atoms with Crippen LogP contribution in [0.3, 0.4) is 0 Å². The second kappa shape index (κ2) is 5.84. The average Bonchev–Trinajstić information content (AvgIpc) is 2.83. The van der Waals surface area contributed by atoms with Crippen molar-refractivity contribution in [2.24, 2.45) is 0 Å². The van der Waals surface area contributed by atoms with E-state index < -0.39 is 0 Å². The van der Waals surface area contributed by atoms with Crippen molar-refractivity contribution in [1.29, 1.82) is 0 Å². The van der Waals surface area contributed by atoms with Crippen molar-refractivity contribution < 1.29 is 14.6 Å². The van der Waals surface area contributed by atoms with Crippen molar-refractivity contribution in [3.05, 3.63) is 29.8 Å². The number of aliphatic hydroxyl groups is 1. The summed E-state index contributed by atoms with van der Waals surface area (Å²) in [4.78, 5) is 0. The summed E-state index contributed by atoms with van der Waals surface area (Å²) in [5.74, 6) is 0. The van der Waals surface area contributed by atoms with Gasteiger partial charge in [0.1, 0.15) is 0 Å². The van der Waals surface area contributed by atoms with Crippen LogP contribution in [0.4, 0.5) is 5.69 Å². The molecule has 2 rings (SSSR count). The molecule has 0 atom stereocenters. The SMILES string of the molecule is OCc1ccc(NCCC2OCCO2)cc1. The van der Waals surface area contributed by atoms with Gasteiger partial charge in [-0.25, -0.2) is 0 Å². The van der Waals surface area contributed by atoms with E-state index in [1.807, 2.05) is 24.3 Å². The van der Waals surface area contributed by atoms with Crippen LogP contribution in [0, 0.1) is 0 Å². The van der Waals surface area contributed by atoms with E-state index in [-0.39, 0.29) is 12.9 Å². The molecule has 1 heterocycles. The first-order chi connectivity index (χ1) is 7.88. The van der Waals surface area contributed by atoms with Crippen molar-refractivity contribution in [2.45, 2.75) is 19.3 Å². The molecule has 1 aliphatic heterocycles. The first-order valence-corrected chi connectivity index (χ1v) is 5.55. The summed E-state index contributed by atoms with van der Waals surface area (Å²) in [5.41, 5.74) is 1.98. The zero-order valence-corrected chi connectivity index (χ0v) is 9.19. The van der Waals surface area contributed by atoms with E-state index in [2.05, 4.69) is 5.32 Å². The van der Waals surface area contributed by atoms with E-state index >= 15 is 0 Å². The Morgan fingerprint density at radius 3 is 2.50 bits per heavy atom. The van der Waals surface area contributed by atoms with Gasteiger partial charge in [0.15, 0.2) is 6.29 Å². The summed E-state index contributed by atoms with van der Waals surface area (Å²) < 4.78 is 10.7. The first-order valence-electron chi connectivity index (χ1n) is 5.55. The van der Waals surface area contributed by atoms with E-state index in [4.69, 9.17) is 14.6 Å². The van der Waals surface area contributed by atoms with Crippen LogP contribution in [0.2, 0.25) is 0 Å². The maximum atomic E-state index is 8.89. The van der Waals surface area contributed by atoms with Gasteiger partial charge >= 0.3 is 0 Å². The molecule has 1 fully saturated rings. The largest absolute Gasteiger partial charge is 0.392 e. The maximum absolute atomic E-state index is 8.89. The molecular weight excluding hydrogens is 206 g/mol. The van der Waals surface area contributed by atoms with Crippen molar-refractivity contribution in [1.82, 2.24) is 0 Å². The zero-order valence-electron chi connectivity index (χ0n) is 9.19. The monoisotopic (exact) mass is 223 g/mol. The van der Waals surface area contributed by atoms with Gasteiger partial charge in [0.25, 0.3) is 0 Å². The van der Waals surface area contributed by atoms with Gasteiger partial charge in [-0.1, -0.05) is 12.1 Å². The van der Waals surface area contributed by atoms with E-state index in [1.54, 1.807) is 0 Å². The standard InChI is InChI=1S/C12H17NO3/c14-9-10-1-3-11(4-2-10)13-6-5-12-15-7-8-16-12/h1-4,12-14H,5-9H2. The van der Waals surface area contributed by atoms with Crippen LogP contribution in [0.5, 0.6) is 0 Å². The van der Waals surface area contributed by atoms with Gasteiger partial charge in [-0.2, -0.15) is 0 Å². The minimum absolute atomic E-state index is 0.0517. The fraction of sp³-hybridized carbons (Fsp3) is 0.500. The normalized spacial score (nSPS) is 16.6. The van der Waals surface area contributed by atoms with Crippen LogP contribution in [-0.4, -0.2) is 31.2 Å². The number of hydrogen-bond donors (Lipinski definition) is 2. The molecule has 0 saturated carbocycles. The van der Waals surface area contributed by atoms with Crippen molar-refractivity contribution >= 4 is 5.69 Å². The van der Waals surface area contributed by atoms with Gasteiger partial charge in [-0.3, -0.25) is 0 Å². The quantitative estimate of drug-likeness (QED) is 0.791. The van der Waals surface area contributed by atoms with Crippen LogP contribution >= 0.6 is 0 Å². The van der Waals surface area contributed by atoms with Gasteiger partial charge in [-0.15, -0.1) is 0 Å². The lowest BCUT2D eigenvalue weighted by Crippen LogP contribution is -2.14. The molecule has 1 aromatic rings. The smallest absolute Gasteiger partial charge is 0.159 e. The Morgan fingerprint density at radius 1 is 1.19 bits per heavy atom. The third-order valence-corrected chi connectivity index (χ3v) is 2.54. The Morgan fingerprint density at radius 2 is 1.88 bits per heavy atom. The highest BCUT2D eigenvalue weighted by atomic mass is 16.7. The third-order valence-electron chi connectivity index (χ3n) is 2.54. The molecule has 0 unspecified atom stereocenters. The van der Waals surface area contributed by atoms with Crippen LogP contribution in [0.15, 0.2) is 24.3 Å². The van der Waals surface area contributed by atoms with Gasteiger partial charge in [0.05, 0.1) is 19.8 Å². The average molecular weight is 223 g/mol. The Hall–Kier alpha value is -1.10. The first kappa shape index (κ1) is 11.4. The molecule has 1 saturated heterocycles. The molecule has 4 nitrogen and oxygen atoms in total. The number of nitrogens with one attached hydrogen (secondary N) is 1. The lowest BCUT2D eigenvalue weighted by atomic mass is 10.2. The lowest BCUT2D eigenvalue weighted by Gasteiger charge is -2.10. The molecule has 0 amide bonds. The van der Waals surface area contributed by atoms with Crippen molar-refractivity contribution in [3.63, 3.8) is 0 Å². The molecule has 1 aromatic carbocycles. The Kier molecular flexibility index (Phi) is 4.16. The molecule has 1 aliphatic rings. The number of hydrogen-bond acceptors (Lipinski definition) is 4. The van der Waals surface area contributed by atoms with Crippen molar-refractivity contribution in [2.75, 3.05) is 25.1 Å². The number of rotatable bonds is 5. The van der Waals surface area contributed by atoms with Crippen molar-refractivity contribution in [3.8, 4) is 0 Å². The van der Waals surface area contributed by atoms with Gasteiger partial charge in [0.2, 0.25) is 0 Å². The zero-order chi connectivity index (χ0) is 11.2. The highest BCUT2D eigenvalue weighted by molar-refractivity contribution is 5.44. The minimum Gasteiger partial charge on any atom is -0.392 e. The Balaban J connectivity index is 1.71. The minimum atomic E-state index is -0.0517. The molecule has 0 radical (unpaired) electrons. The number of aliphatic hydroxyl groups excluding tert-OH is 1. The van der Waals surface area contributed by atoms with E-state index in [0.29, 0.717) is 13.2 Å². The molecule has 2 N–H and O–H groups in total. The summed E-state index contributed by atoms with van der Waals surface area (Å²) >= 11 is 0. The summed E-state index contributed by atoms with van der Waals surface area (Å²) in [6, 6.07) is 7.74. The van der Waals surface area contributed by atoms with Crippen LogP contribution in [0.1, 0.15) is 12.0 Å². The van der Waals surface area contributed by atoms with Gasteiger partial charge in [-0.05, 0) is 17.7 Å². The molecule has 88 valence electrons. The van der Waals surface area contributed by atoms with Gasteiger partial charge < -0.3 is 19.9 Å². The fourth-order valence-corrected chi connectivity index (χ4v) is 1.64. The van der Waals surface area contributed by atoms with Crippen LogP contribution < -0.4 is 5.32 Å². The topological polar surface area (TPSA) is 50.7 Å². The summed E-state index contributed by atoms with van der Waals surface area (Å²) in [6.07, 6.45) is 0.797. The summed E-state index contributed by atoms with van der Waals surface area (Å²) in [7, 11) is 0. The highest BCUT2D eigenvalue weighted by Gasteiger charge is 2.14. The predicted octanol–water partition coefficient (Wildman–Crippen LogP) is 1.35. The molecule has 4 heteroatoms. The molecule has 16 heavy (non-hydrogen) atoms. The Labute approximate surface area is 95.2 Å². The third kappa shape index (κ3) is 3.20. The highest BCUT2D eigenvalue weighted by Crippen LogP contribution is 2.11. The van der Waals surface area contributed by atoms with E-state index in [1.165, 1.54) is 0 Å². The number of anilines is 1. The van der Waals surface area contributed by atoms with E-state index in [0.717, 1.165) is 24.2 Å². The van der Waals surface area contributed by atoms with Crippen LogP contribution in [-0.2, 0) is 16.1 Å². The second-order valence-corrected chi connectivity index (χ2v) is 3.74. The fourth-order valence-electron chi connectivity index (χ4n) is 1.64. The molecule has 0 bridgehead atoms. The van der Waals surface area contributed by atoms with Crippen LogP contribution in [0.25, 0.3) is 0 Å². The second-order valence-electron chi connectivity index (χ2n) is 3.74. The number of ether oxygens (including phenoxy) is 2. The molecule has 0 aliphatic carbocycles. The molecule has 0 aromatic heterocycles. The Bertz CT molecular complexity index is 307. The molecule has 0 spiro atoms. The van der Waals surface area contributed by atoms with Gasteiger partial charge in [0, 0.05) is 18.7 Å². The summed E-state index contributed by atoms with van der Waals surface area (Å²) in [6.45, 7) is 2.32.